The van der Waals surface area contributed by atoms with Crippen LogP contribution in [0, 0.1) is 17.3 Å². The molecule has 1 fully saturated rings. The van der Waals surface area contributed by atoms with E-state index in [1.165, 1.54) is 22.3 Å². The molecule has 2 aromatic carbocycles. The summed E-state index contributed by atoms with van der Waals surface area (Å²) in [6.45, 7) is 6.94. The van der Waals surface area contributed by atoms with Crippen molar-refractivity contribution in [3.8, 4) is 11.1 Å². The van der Waals surface area contributed by atoms with Gasteiger partial charge in [-0.3, -0.25) is 9.59 Å². The number of ether oxygens (including phenoxy) is 1. The number of nitrogens with zero attached hydrogens (tertiary/aromatic N) is 1. The molecule has 1 unspecified atom stereocenters. The molecule has 35 heavy (non-hydrogen) atoms. The predicted molar refractivity (Wildman–Crippen MR) is 133 cm³/mol. The Morgan fingerprint density at radius 2 is 1.71 bits per heavy atom. The van der Waals surface area contributed by atoms with Crippen molar-refractivity contribution in [3.63, 3.8) is 0 Å². The Hall–Kier alpha value is -3.35. The van der Waals surface area contributed by atoms with Crippen LogP contribution in [0.25, 0.3) is 11.1 Å². The molecule has 186 valence electrons. The summed E-state index contributed by atoms with van der Waals surface area (Å²) in [5.41, 5.74) is 3.82. The molecule has 2 amide bonds. The molecule has 0 saturated carbocycles. The molecule has 2 N–H and O–H groups in total. The molecule has 0 aromatic heterocycles. The van der Waals surface area contributed by atoms with Crippen LogP contribution in [0.3, 0.4) is 0 Å². The van der Waals surface area contributed by atoms with Gasteiger partial charge in [-0.2, -0.15) is 0 Å². The number of benzene rings is 2. The molecule has 0 bridgehead atoms. The highest BCUT2D eigenvalue weighted by atomic mass is 16.5. The normalized spacial score (nSPS) is 21.8. The van der Waals surface area contributed by atoms with Crippen LogP contribution < -0.4 is 5.32 Å². The average molecular weight is 479 g/mol. The summed E-state index contributed by atoms with van der Waals surface area (Å²) in [6, 6.07) is 16.4. The Balaban J connectivity index is 1.21. The van der Waals surface area contributed by atoms with Gasteiger partial charge in [-0.05, 0) is 47.4 Å². The minimum absolute atomic E-state index is 0.0162. The van der Waals surface area contributed by atoms with Gasteiger partial charge in [-0.15, -0.1) is 0 Å². The van der Waals surface area contributed by atoms with Gasteiger partial charge in [-0.25, -0.2) is 4.79 Å². The lowest BCUT2D eigenvalue weighted by molar-refractivity contribution is -0.149. The zero-order valence-electron chi connectivity index (χ0n) is 20.6. The topological polar surface area (TPSA) is 95.9 Å². The maximum absolute atomic E-state index is 12.6. The van der Waals surface area contributed by atoms with Crippen molar-refractivity contribution < 1.29 is 24.2 Å². The van der Waals surface area contributed by atoms with Crippen molar-refractivity contribution in [2.24, 2.45) is 17.3 Å². The van der Waals surface area contributed by atoms with Gasteiger partial charge in [0.1, 0.15) is 6.61 Å². The number of carboxylic acids is 1. The van der Waals surface area contributed by atoms with E-state index >= 15 is 0 Å². The molecule has 2 aromatic rings. The number of rotatable bonds is 8. The van der Waals surface area contributed by atoms with Crippen molar-refractivity contribution >= 4 is 18.0 Å². The summed E-state index contributed by atoms with van der Waals surface area (Å²) in [5, 5.41) is 12.3. The number of carbonyl (C=O) groups excluding carboxylic acids is 2. The van der Waals surface area contributed by atoms with Gasteiger partial charge in [0, 0.05) is 32.0 Å². The maximum atomic E-state index is 12.6. The van der Waals surface area contributed by atoms with Crippen molar-refractivity contribution in [3.05, 3.63) is 59.7 Å². The zero-order valence-corrected chi connectivity index (χ0v) is 20.6. The second-order valence-electron chi connectivity index (χ2n) is 10.2. The van der Waals surface area contributed by atoms with Crippen LogP contribution in [0.2, 0.25) is 0 Å². The Bertz CT molecular complexity index is 1070. The number of hydrogen-bond acceptors (Lipinski definition) is 4. The van der Waals surface area contributed by atoms with Gasteiger partial charge in [-0.1, -0.05) is 62.4 Å². The minimum atomic E-state index is -0.896. The smallest absolute Gasteiger partial charge is 0.407 e. The molecule has 1 aliphatic carbocycles. The van der Waals surface area contributed by atoms with Gasteiger partial charge in [0.15, 0.2) is 0 Å². The minimum Gasteiger partial charge on any atom is -0.481 e. The highest BCUT2D eigenvalue weighted by Crippen LogP contribution is 2.44. The van der Waals surface area contributed by atoms with E-state index in [0.717, 1.165) is 0 Å². The highest BCUT2D eigenvalue weighted by molar-refractivity contribution is 5.81. The fourth-order valence-corrected chi connectivity index (χ4v) is 5.15. The van der Waals surface area contributed by atoms with Crippen LogP contribution in [0.15, 0.2) is 48.5 Å². The quantitative estimate of drug-likeness (QED) is 0.582. The number of carbonyl (C=O) groups is 3. The number of fused-ring (bicyclic) bond motifs is 3. The van der Waals surface area contributed by atoms with Gasteiger partial charge >= 0.3 is 12.1 Å². The molecule has 1 heterocycles. The van der Waals surface area contributed by atoms with E-state index in [0.29, 0.717) is 25.9 Å². The standard InChI is InChI=1S/C28H34N2O5/c1-18(12-13-25(31)30-15-19(2)28(3,17-30)26(32)33)14-29-27(34)35-16-24-22-10-6-4-8-20(22)21-9-5-7-11-23(21)24/h4-11,18-19,24H,12-17H2,1-3H3,(H,29,34)(H,32,33)/t18?,19-,28-/m1/s1. The van der Waals surface area contributed by atoms with Crippen LogP contribution in [0.1, 0.15) is 50.7 Å². The van der Waals surface area contributed by atoms with Crippen molar-refractivity contribution in [1.29, 1.82) is 0 Å². The van der Waals surface area contributed by atoms with Crippen molar-refractivity contribution in [2.45, 2.75) is 39.5 Å². The molecule has 4 rings (SSSR count). The number of nitrogens with one attached hydrogen (secondary N) is 1. The SMILES string of the molecule is CC(CCC(=O)N1C[C@@H](C)[C@](C)(C(=O)O)C1)CNC(=O)OCC1c2ccccc2-c2ccccc21. The summed E-state index contributed by atoms with van der Waals surface area (Å²) in [7, 11) is 0. The number of carboxylic acid groups (broad SMARTS) is 1. The lowest BCUT2D eigenvalue weighted by Crippen LogP contribution is -2.36. The Morgan fingerprint density at radius 1 is 1.11 bits per heavy atom. The zero-order chi connectivity index (χ0) is 25.2. The molecular formula is C28H34N2O5. The summed E-state index contributed by atoms with van der Waals surface area (Å²) in [5.74, 6) is -0.875. The fourth-order valence-electron chi connectivity index (χ4n) is 5.15. The van der Waals surface area contributed by atoms with Gasteiger partial charge in [0.2, 0.25) is 5.91 Å². The Labute approximate surface area is 206 Å². The van der Waals surface area contributed by atoms with Crippen LogP contribution in [-0.4, -0.2) is 54.2 Å². The third-order valence-electron chi connectivity index (χ3n) is 7.73. The average Bonchev–Trinajstić information content (AvgIpc) is 3.34. The molecule has 7 heteroatoms. The van der Waals surface area contributed by atoms with Crippen LogP contribution in [0.5, 0.6) is 0 Å². The first-order valence-corrected chi connectivity index (χ1v) is 12.3. The Morgan fingerprint density at radius 3 is 2.29 bits per heavy atom. The van der Waals surface area contributed by atoms with Crippen LogP contribution in [-0.2, 0) is 14.3 Å². The third-order valence-corrected chi connectivity index (χ3v) is 7.73. The summed E-state index contributed by atoms with van der Waals surface area (Å²) in [6.07, 6.45) is 0.475. The van der Waals surface area contributed by atoms with Crippen LogP contribution in [0.4, 0.5) is 4.79 Å². The molecule has 3 atom stereocenters. The number of hydrogen-bond donors (Lipinski definition) is 2. The number of amides is 2. The largest absolute Gasteiger partial charge is 0.481 e. The first kappa shape index (κ1) is 24.8. The van der Waals surface area contributed by atoms with E-state index in [1.807, 2.05) is 38.1 Å². The maximum Gasteiger partial charge on any atom is 0.407 e. The van der Waals surface area contributed by atoms with E-state index in [2.05, 4.69) is 29.6 Å². The van der Waals surface area contributed by atoms with E-state index in [9.17, 15) is 19.5 Å². The van der Waals surface area contributed by atoms with E-state index in [1.54, 1.807) is 11.8 Å². The summed E-state index contributed by atoms with van der Waals surface area (Å²) in [4.78, 5) is 38.2. The second-order valence-corrected chi connectivity index (χ2v) is 10.2. The highest BCUT2D eigenvalue weighted by Gasteiger charge is 2.47. The summed E-state index contributed by atoms with van der Waals surface area (Å²) < 4.78 is 5.57. The molecule has 0 spiro atoms. The van der Waals surface area contributed by atoms with Crippen LogP contribution >= 0.6 is 0 Å². The lowest BCUT2D eigenvalue weighted by atomic mass is 9.81. The molecule has 2 aliphatic rings. The monoisotopic (exact) mass is 478 g/mol. The third kappa shape index (κ3) is 5.04. The molecule has 0 radical (unpaired) electrons. The van der Waals surface area contributed by atoms with Crippen molar-refractivity contribution in [2.75, 3.05) is 26.2 Å². The van der Waals surface area contributed by atoms with E-state index in [4.69, 9.17) is 4.74 Å². The molecular weight excluding hydrogens is 444 g/mol. The first-order valence-electron chi connectivity index (χ1n) is 12.3. The van der Waals surface area contributed by atoms with E-state index in [-0.39, 0.29) is 36.8 Å². The molecule has 7 nitrogen and oxygen atoms in total. The second kappa shape index (κ2) is 10.1. The van der Waals surface area contributed by atoms with Gasteiger partial charge in [0.25, 0.3) is 0 Å². The summed E-state index contributed by atoms with van der Waals surface area (Å²) >= 11 is 0. The first-order chi connectivity index (χ1) is 16.7. The molecule has 1 saturated heterocycles. The van der Waals surface area contributed by atoms with Gasteiger partial charge < -0.3 is 20.1 Å². The predicted octanol–water partition coefficient (Wildman–Crippen LogP) is 4.51. The number of alkyl carbamates (subject to hydrolysis) is 1. The number of likely N-dealkylation sites (tertiary alicyclic amines) is 1. The van der Waals surface area contributed by atoms with Gasteiger partial charge in [0.05, 0.1) is 5.41 Å². The lowest BCUT2D eigenvalue weighted by Gasteiger charge is -2.22. The van der Waals surface area contributed by atoms with Crippen molar-refractivity contribution in [1.82, 2.24) is 10.2 Å². The fraction of sp³-hybridized carbons (Fsp3) is 0.464. The Kier molecular flexibility index (Phi) is 7.15. The number of aliphatic carboxylic acids is 1. The molecule has 1 aliphatic heterocycles. The van der Waals surface area contributed by atoms with E-state index < -0.39 is 17.5 Å².